The number of thiocarbonyl (C=S) groups is 1. The van der Waals surface area contributed by atoms with Gasteiger partial charge in [0, 0.05) is 24.1 Å². The fraction of sp³-hybridized carbons (Fsp3) is 0.214. The van der Waals surface area contributed by atoms with Crippen LogP contribution in [0.3, 0.4) is 0 Å². The molecule has 8 heteroatoms. The molecule has 1 N–H and O–H groups in total. The average molecular weight is 538 g/mol. The van der Waals surface area contributed by atoms with Crippen LogP contribution in [0.2, 0.25) is 10.0 Å². The number of nitrogens with one attached hydrogen (secondary N) is 1. The largest absolute Gasteiger partial charge is 0.497 e. The molecule has 1 aliphatic rings. The third kappa shape index (κ3) is 4.45. The number of benzene rings is 2. The minimum Gasteiger partial charge on any atom is -0.497 e. The molecule has 3 heterocycles. The molecule has 1 aliphatic heterocycles. The molecule has 4 aromatic rings. The number of hydrogen-bond donors (Lipinski definition) is 1. The van der Waals surface area contributed by atoms with Crippen molar-refractivity contribution in [3.8, 4) is 11.4 Å². The molecule has 0 spiro atoms. The van der Waals surface area contributed by atoms with Gasteiger partial charge in [0.2, 0.25) is 0 Å². The van der Waals surface area contributed by atoms with Gasteiger partial charge >= 0.3 is 0 Å². The Hall–Kier alpha value is -3.06. The number of aryl methyl sites for hydroxylation is 1. The molecule has 2 aromatic carbocycles. The first kappa shape index (κ1) is 24.6. The summed E-state index contributed by atoms with van der Waals surface area (Å²) in [4.78, 5) is 6.91. The van der Waals surface area contributed by atoms with Crippen molar-refractivity contribution in [1.82, 2.24) is 19.8 Å². The summed E-state index contributed by atoms with van der Waals surface area (Å²) in [5.74, 6) is 0.825. The summed E-state index contributed by atoms with van der Waals surface area (Å²) in [6.07, 6.45) is 1.82. The molecule has 0 saturated carbocycles. The number of rotatable bonds is 6. The van der Waals surface area contributed by atoms with E-state index in [-0.39, 0.29) is 12.1 Å². The summed E-state index contributed by atoms with van der Waals surface area (Å²) in [6.45, 7) is 4.84. The van der Waals surface area contributed by atoms with Gasteiger partial charge in [0.05, 0.1) is 40.6 Å². The number of methoxy groups -OCH3 is 1. The zero-order chi connectivity index (χ0) is 25.4. The van der Waals surface area contributed by atoms with E-state index in [1.165, 1.54) is 0 Å². The van der Waals surface area contributed by atoms with E-state index in [0.29, 0.717) is 21.7 Å². The lowest BCUT2D eigenvalue weighted by atomic mass is 9.96. The van der Waals surface area contributed by atoms with E-state index in [0.717, 1.165) is 39.6 Å². The molecule has 0 radical (unpaired) electrons. The standard InChI is InChI=1S/C28H26Cl2N4OS/c1-17-15-21(18(2)34(17)24-9-6-7-22(29)25(24)30)27-26(23-8-4-5-14-31-23)32-28(36)33(27)16-19-10-12-20(35-3)13-11-19/h4-15,26-27H,16H2,1-3H3,(H,32,36)/t26-,27+/m1/s1. The Kier molecular flexibility index (Phi) is 6.93. The van der Waals surface area contributed by atoms with Crippen LogP contribution in [0.1, 0.15) is 40.3 Å². The highest BCUT2D eigenvalue weighted by molar-refractivity contribution is 7.80. The van der Waals surface area contributed by atoms with E-state index >= 15 is 0 Å². The first-order valence-corrected chi connectivity index (χ1v) is 12.8. The maximum atomic E-state index is 6.63. The molecule has 0 unspecified atom stereocenters. The number of hydrogen-bond acceptors (Lipinski definition) is 3. The molecule has 0 aliphatic carbocycles. The quantitative estimate of drug-likeness (QED) is 0.269. The molecule has 0 amide bonds. The predicted molar refractivity (Wildman–Crippen MR) is 149 cm³/mol. The first-order valence-electron chi connectivity index (χ1n) is 11.6. The summed E-state index contributed by atoms with van der Waals surface area (Å²) in [7, 11) is 1.67. The monoisotopic (exact) mass is 536 g/mol. The Labute approximate surface area is 226 Å². The summed E-state index contributed by atoms with van der Waals surface area (Å²) in [5.41, 5.74) is 6.23. The second-order valence-corrected chi connectivity index (χ2v) is 10.0. The number of ether oxygens (including phenoxy) is 1. The van der Waals surface area contributed by atoms with Crippen molar-refractivity contribution in [2.75, 3.05) is 7.11 Å². The summed E-state index contributed by atoms with van der Waals surface area (Å²) in [6, 6.07) is 21.8. The van der Waals surface area contributed by atoms with Crippen molar-refractivity contribution in [3.63, 3.8) is 0 Å². The van der Waals surface area contributed by atoms with E-state index in [2.05, 4.69) is 51.8 Å². The highest BCUT2D eigenvalue weighted by Crippen LogP contribution is 2.43. The maximum absolute atomic E-state index is 6.63. The lowest BCUT2D eigenvalue weighted by molar-refractivity contribution is 0.310. The van der Waals surface area contributed by atoms with Crippen molar-refractivity contribution in [2.24, 2.45) is 0 Å². The average Bonchev–Trinajstić information content (AvgIpc) is 3.36. The van der Waals surface area contributed by atoms with Crippen molar-refractivity contribution >= 4 is 40.5 Å². The Bertz CT molecular complexity index is 1410. The molecule has 0 bridgehead atoms. The third-order valence-electron chi connectivity index (χ3n) is 6.67. The Morgan fingerprint density at radius 3 is 2.50 bits per heavy atom. The van der Waals surface area contributed by atoms with Gasteiger partial charge in [-0.05, 0) is 79.7 Å². The van der Waals surface area contributed by atoms with Gasteiger partial charge in [0.25, 0.3) is 0 Å². The zero-order valence-corrected chi connectivity index (χ0v) is 22.5. The molecule has 2 aromatic heterocycles. The fourth-order valence-electron chi connectivity index (χ4n) is 4.96. The van der Waals surface area contributed by atoms with Crippen LogP contribution in [-0.2, 0) is 6.54 Å². The molecular formula is C28H26Cl2N4OS. The first-order chi connectivity index (χ1) is 17.4. The Morgan fingerprint density at radius 1 is 1.03 bits per heavy atom. The van der Waals surface area contributed by atoms with E-state index < -0.39 is 0 Å². The molecule has 5 nitrogen and oxygen atoms in total. The zero-order valence-electron chi connectivity index (χ0n) is 20.2. The molecule has 184 valence electrons. The molecule has 5 rings (SSSR count). The predicted octanol–water partition coefficient (Wildman–Crippen LogP) is 6.98. The molecule has 1 fully saturated rings. The van der Waals surface area contributed by atoms with Crippen LogP contribution >= 0.6 is 35.4 Å². The topological polar surface area (TPSA) is 42.3 Å². The highest BCUT2D eigenvalue weighted by atomic mass is 35.5. The van der Waals surface area contributed by atoms with Gasteiger partial charge < -0.3 is 19.5 Å². The van der Waals surface area contributed by atoms with Crippen LogP contribution in [-0.4, -0.2) is 26.7 Å². The number of pyridine rings is 1. The van der Waals surface area contributed by atoms with E-state index in [1.54, 1.807) is 13.2 Å². The smallest absolute Gasteiger partial charge is 0.170 e. The van der Waals surface area contributed by atoms with Crippen LogP contribution in [0.25, 0.3) is 5.69 Å². The van der Waals surface area contributed by atoms with Crippen LogP contribution in [0, 0.1) is 13.8 Å². The lowest BCUT2D eigenvalue weighted by Gasteiger charge is -2.28. The maximum Gasteiger partial charge on any atom is 0.170 e. The third-order valence-corrected chi connectivity index (χ3v) is 7.83. The Morgan fingerprint density at radius 2 is 1.81 bits per heavy atom. The normalized spacial score (nSPS) is 17.4. The van der Waals surface area contributed by atoms with Gasteiger partial charge in [-0.3, -0.25) is 4.98 Å². The second-order valence-electron chi connectivity index (χ2n) is 8.84. The van der Waals surface area contributed by atoms with Gasteiger partial charge in [-0.1, -0.05) is 47.5 Å². The fourth-order valence-corrected chi connectivity index (χ4v) is 5.65. The minimum atomic E-state index is -0.110. The molecule has 36 heavy (non-hydrogen) atoms. The van der Waals surface area contributed by atoms with E-state index in [4.69, 9.17) is 40.2 Å². The van der Waals surface area contributed by atoms with Crippen LogP contribution in [0.5, 0.6) is 5.75 Å². The molecule has 1 saturated heterocycles. The van der Waals surface area contributed by atoms with Crippen LogP contribution in [0.4, 0.5) is 0 Å². The van der Waals surface area contributed by atoms with Gasteiger partial charge in [-0.25, -0.2) is 0 Å². The summed E-state index contributed by atoms with van der Waals surface area (Å²) < 4.78 is 7.49. The van der Waals surface area contributed by atoms with E-state index in [1.807, 2.05) is 48.7 Å². The minimum absolute atomic E-state index is 0.0765. The number of aromatic nitrogens is 2. The SMILES string of the molecule is COc1ccc(CN2C(=S)N[C@H](c3ccccn3)[C@@H]2c2cc(C)n(-c3cccc(Cl)c3Cl)c2C)cc1. The van der Waals surface area contributed by atoms with E-state index in [9.17, 15) is 0 Å². The molecule has 2 atom stereocenters. The summed E-state index contributed by atoms with van der Waals surface area (Å²) in [5, 5.41) is 5.29. The van der Waals surface area contributed by atoms with Gasteiger partial charge in [0.1, 0.15) is 5.75 Å². The lowest BCUT2D eigenvalue weighted by Crippen LogP contribution is -2.29. The second kappa shape index (κ2) is 10.1. The number of halogens is 2. The van der Waals surface area contributed by atoms with Crippen molar-refractivity contribution in [1.29, 1.82) is 0 Å². The van der Waals surface area contributed by atoms with Gasteiger partial charge in [-0.2, -0.15) is 0 Å². The van der Waals surface area contributed by atoms with Crippen LogP contribution < -0.4 is 10.1 Å². The number of nitrogens with zero attached hydrogens (tertiary/aromatic N) is 3. The van der Waals surface area contributed by atoms with Gasteiger partial charge in [0.15, 0.2) is 5.11 Å². The van der Waals surface area contributed by atoms with Crippen LogP contribution in [0.15, 0.2) is 72.9 Å². The Balaban J connectivity index is 1.61. The highest BCUT2D eigenvalue weighted by Gasteiger charge is 2.41. The van der Waals surface area contributed by atoms with Crippen molar-refractivity contribution in [3.05, 3.63) is 111 Å². The van der Waals surface area contributed by atoms with Gasteiger partial charge in [-0.15, -0.1) is 0 Å². The van der Waals surface area contributed by atoms with Crippen molar-refractivity contribution < 1.29 is 4.74 Å². The molecular weight excluding hydrogens is 511 g/mol. The summed E-state index contributed by atoms with van der Waals surface area (Å²) >= 11 is 18.9. The van der Waals surface area contributed by atoms with Crippen molar-refractivity contribution in [2.45, 2.75) is 32.5 Å².